The average Bonchev–Trinajstić information content (AvgIpc) is 3.10. The molecule has 2 heteroatoms. The Hall–Kier alpha value is -0.340. The third-order valence-corrected chi connectivity index (χ3v) is 9.95. The summed E-state index contributed by atoms with van der Waals surface area (Å²) in [6.07, 6.45) is 9.14. The van der Waals surface area contributed by atoms with E-state index in [4.69, 9.17) is 9.60 Å². The predicted octanol–water partition coefficient (Wildman–Crippen LogP) is 6.36. The lowest BCUT2D eigenvalue weighted by Crippen LogP contribution is -2.54. The van der Waals surface area contributed by atoms with Crippen LogP contribution in [0.5, 0.6) is 0 Å². The van der Waals surface area contributed by atoms with Crippen LogP contribution in [0, 0.1) is 46.3 Å². The van der Waals surface area contributed by atoms with Crippen molar-refractivity contribution in [3.63, 3.8) is 0 Å². The molecule has 0 spiro atoms. The van der Waals surface area contributed by atoms with E-state index < -0.39 is 25.7 Å². The molecule has 0 aromatic rings. The second kappa shape index (κ2) is 7.97. The number of aliphatic hydroxyl groups excluding tert-OH is 2. The Morgan fingerprint density at radius 3 is 2.66 bits per heavy atom. The van der Waals surface area contributed by atoms with Crippen LogP contribution in [-0.2, 0) is 0 Å². The number of rotatable bonds is 5. The van der Waals surface area contributed by atoms with Gasteiger partial charge in [0.15, 0.2) is 0 Å². The molecule has 3 saturated carbocycles. The zero-order valence-corrected chi connectivity index (χ0v) is 18.6. The van der Waals surface area contributed by atoms with Crippen molar-refractivity contribution in [3.05, 3.63) is 11.6 Å². The van der Waals surface area contributed by atoms with E-state index in [1.807, 2.05) is 0 Å². The molecule has 0 radical (unpaired) electrons. The first kappa shape index (κ1) is 14.7. The molecule has 3 fully saturated rings. The molecule has 0 amide bonds. The SMILES string of the molecule is [2H]C([2H])([2H])C([2H])(CCC[C@@H](C)C1CC[C@H]2C3[C@@H](O)C=C4C[C@@H](O)CC[C@]4(C)[C@H]3CC[C@]12C)C([2H])([2H])[2H]. The first-order chi connectivity index (χ1) is 16.5. The van der Waals surface area contributed by atoms with E-state index in [-0.39, 0.29) is 29.3 Å². The Kier molecular flexibility index (Phi) is 4.03. The van der Waals surface area contributed by atoms with Gasteiger partial charge >= 0.3 is 0 Å². The van der Waals surface area contributed by atoms with Gasteiger partial charge in [-0.05, 0) is 91.3 Å². The van der Waals surface area contributed by atoms with Gasteiger partial charge in [-0.3, -0.25) is 0 Å². The summed E-state index contributed by atoms with van der Waals surface area (Å²) in [4.78, 5) is 0. The van der Waals surface area contributed by atoms with Crippen molar-refractivity contribution in [1.82, 2.24) is 0 Å². The van der Waals surface area contributed by atoms with Crippen molar-refractivity contribution in [2.75, 3.05) is 0 Å². The highest BCUT2D eigenvalue weighted by Crippen LogP contribution is 2.67. The number of hydrogen-bond donors (Lipinski definition) is 2. The monoisotopic (exact) mass is 409 g/mol. The zero-order valence-electron chi connectivity index (χ0n) is 25.6. The number of aliphatic hydroxyl groups is 2. The van der Waals surface area contributed by atoms with E-state index in [0.717, 1.165) is 44.9 Å². The number of fused-ring (bicyclic) bond motifs is 5. The third-order valence-electron chi connectivity index (χ3n) is 9.95. The van der Waals surface area contributed by atoms with E-state index in [2.05, 4.69) is 26.8 Å². The van der Waals surface area contributed by atoms with Gasteiger partial charge in [0.05, 0.1) is 12.2 Å². The summed E-state index contributed by atoms with van der Waals surface area (Å²) in [6, 6.07) is 0. The lowest BCUT2D eigenvalue weighted by atomic mass is 9.46. The van der Waals surface area contributed by atoms with Gasteiger partial charge in [0.2, 0.25) is 0 Å². The first-order valence-corrected chi connectivity index (χ1v) is 12.0. The van der Waals surface area contributed by atoms with Crippen LogP contribution in [0.2, 0.25) is 0 Å². The smallest absolute Gasteiger partial charge is 0.0757 e. The maximum atomic E-state index is 11.3. The molecule has 166 valence electrons. The molecule has 4 rings (SSSR count). The maximum absolute atomic E-state index is 11.3. The maximum Gasteiger partial charge on any atom is 0.0757 e. The van der Waals surface area contributed by atoms with Crippen molar-refractivity contribution in [3.8, 4) is 0 Å². The molecule has 2 nitrogen and oxygen atoms in total. The van der Waals surface area contributed by atoms with Crippen LogP contribution in [0.15, 0.2) is 11.6 Å². The van der Waals surface area contributed by atoms with Crippen LogP contribution >= 0.6 is 0 Å². The van der Waals surface area contributed by atoms with Crippen molar-refractivity contribution in [2.45, 2.75) is 111 Å². The molecule has 0 heterocycles. The Morgan fingerprint density at radius 1 is 1.10 bits per heavy atom. The average molecular weight is 410 g/mol. The molecule has 0 aromatic carbocycles. The summed E-state index contributed by atoms with van der Waals surface area (Å²) in [5.41, 5.74) is 1.42. The molecule has 0 bridgehead atoms. The van der Waals surface area contributed by atoms with E-state index in [1.54, 1.807) is 0 Å². The minimum Gasteiger partial charge on any atom is -0.393 e. The molecule has 2 N–H and O–H groups in total. The summed E-state index contributed by atoms with van der Waals surface area (Å²) in [5.74, 6) is -0.574. The molecule has 0 saturated heterocycles. The molecular weight excluding hydrogens is 356 g/mol. The molecular formula is C27H46O2. The normalized spacial score (nSPS) is 52.7. The summed E-state index contributed by atoms with van der Waals surface area (Å²) in [5, 5.41) is 21.6. The lowest BCUT2D eigenvalue weighted by molar-refractivity contribution is -0.0970. The minimum atomic E-state index is -2.85. The van der Waals surface area contributed by atoms with Gasteiger partial charge < -0.3 is 10.2 Å². The minimum absolute atomic E-state index is 0.0656. The van der Waals surface area contributed by atoms with E-state index in [1.165, 1.54) is 5.57 Å². The molecule has 4 aliphatic rings. The summed E-state index contributed by atoms with van der Waals surface area (Å²) >= 11 is 0. The van der Waals surface area contributed by atoms with Gasteiger partial charge in [-0.2, -0.15) is 0 Å². The lowest BCUT2D eigenvalue weighted by Gasteiger charge is -2.59. The van der Waals surface area contributed by atoms with E-state index in [9.17, 15) is 10.2 Å². The highest BCUT2D eigenvalue weighted by Gasteiger charge is 2.61. The van der Waals surface area contributed by atoms with Gasteiger partial charge in [-0.15, -0.1) is 0 Å². The fraction of sp³-hybridized carbons (Fsp3) is 0.926. The molecule has 0 aromatic heterocycles. The quantitative estimate of drug-likeness (QED) is 0.519. The first-order valence-electron chi connectivity index (χ1n) is 15.5. The summed E-state index contributed by atoms with van der Waals surface area (Å²) < 4.78 is 54.4. The molecule has 4 aliphatic carbocycles. The topological polar surface area (TPSA) is 40.5 Å². The van der Waals surface area contributed by atoms with Crippen LogP contribution in [0.25, 0.3) is 0 Å². The van der Waals surface area contributed by atoms with Crippen LogP contribution in [-0.4, -0.2) is 22.4 Å². The fourth-order valence-electron chi connectivity index (χ4n) is 8.41. The second-order valence-electron chi connectivity index (χ2n) is 11.4. The molecule has 29 heavy (non-hydrogen) atoms. The molecule has 0 aliphatic heterocycles. The Bertz CT molecular complexity index is 838. The van der Waals surface area contributed by atoms with Crippen LogP contribution in [0.3, 0.4) is 0 Å². The Morgan fingerprint density at radius 2 is 1.90 bits per heavy atom. The molecule has 2 unspecified atom stereocenters. The van der Waals surface area contributed by atoms with E-state index >= 15 is 0 Å². The van der Waals surface area contributed by atoms with Gasteiger partial charge in [0, 0.05) is 9.60 Å². The fourth-order valence-corrected chi connectivity index (χ4v) is 8.41. The second-order valence-corrected chi connectivity index (χ2v) is 11.4. The highest BCUT2D eigenvalue weighted by atomic mass is 16.3. The zero-order chi connectivity index (χ0) is 26.9. The van der Waals surface area contributed by atoms with Crippen molar-refractivity contribution in [1.29, 1.82) is 0 Å². The van der Waals surface area contributed by atoms with Gasteiger partial charge in [0.25, 0.3) is 0 Å². The third kappa shape index (κ3) is 3.65. The predicted molar refractivity (Wildman–Crippen MR) is 120 cm³/mol. The number of hydrogen-bond acceptors (Lipinski definition) is 2. The largest absolute Gasteiger partial charge is 0.393 e. The van der Waals surface area contributed by atoms with Crippen LogP contribution < -0.4 is 0 Å². The Balaban J connectivity index is 1.47. The molecule has 9 atom stereocenters. The van der Waals surface area contributed by atoms with Gasteiger partial charge in [-0.25, -0.2) is 0 Å². The summed E-state index contributed by atoms with van der Waals surface area (Å²) in [6.45, 7) is 1.26. The van der Waals surface area contributed by atoms with Crippen molar-refractivity contribution >= 4 is 0 Å². The van der Waals surface area contributed by atoms with Crippen molar-refractivity contribution in [2.24, 2.45) is 46.3 Å². The van der Waals surface area contributed by atoms with Crippen LogP contribution in [0.4, 0.5) is 0 Å². The highest BCUT2D eigenvalue weighted by molar-refractivity contribution is 5.27. The van der Waals surface area contributed by atoms with Gasteiger partial charge in [0.1, 0.15) is 0 Å². The van der Waals surface area contributed by atoms with Gasteiger partial charge in [-0.1, -0.05) is 65.4 Å². The van der Waals surface area contributed by atoms with Crippen LogP contribution in [0.1, 0.15) is 108 Å². The van der Waals surface area contributed by atoms with Crippen molar-refractivity contribution < 1.29 is 19.8 Å². The Labute approximate surface area is 189 Å². The standard InChI is InChI=1S/C27H46O2/c1-17(2)7-6-8-18(3)21-9-10-22-25-23(12-14-27(21,22)5)26(4)13-11-20(28)15-19(26)16-24(25)29/h16-18,20-25,28-29H,6-15H2,1-5H3/t18-,20+,21?,22+,23+,24+,25?,26+,27-/m1/s1/i1D3,2D3,17D. The summed E-state index contributed by atoms with van der Waals surface area (Å²) in [7, 11) is 0. The van der Waals surface area contributed by atoms with E-state index in [0.29, 0.717) is 36.5 Å².